The average molecular weight is 266 g/mol. The summed E-state index contributed by atoms with van der Waals surface area (Å²) in [6, 6.07) is 0. The lowest BCUT2D eigenvalue weighted by Gasteiger charge is -2.43. The third-order valence-electron chi connectivity index (χ3n) is 4.51. The number of hydrogen-bond donors (Lipinski definition) is 3. The van der Waals surface area contributed by atoms with E-state index in [9.17, 15) is 15.0 Å². The molecule has 0 saturated heterocycles. The van der Waals surface area contributed by atoms with Crippen LogP contribution in [0.4, 0.5) is 0 Å². The largest absolute Gasteiger partial charge is 0.478 e. The van der Waals surface area contributed by atoms with Crippen molar-refractivity contribution in [1.29, 1.82) is 0 Å². The minimum atomic E-state index is -1.37. The van der Waals surface area contributed by atoms with Gasteiger partial charge in [0.1, 0.15) is 5.60 Å². The highest BCUT2D eigenvalue weighted by atomic mass is 16.4. The van der Waals surface area contributed by atoms with Gasteiger partial charge in [-0.25, -0.2) is 4.79 Å². The molecule has 4 heteroatoms. The Hall–Kier alpha value is -1.13. The van der Waals surface area contributed by atoms with Crippen molar-refractivity contribution in [3.63, 3.8) is 0 Å². The molecule has 2 aliphatic rings. The second-order valence-electron chi connectivity index (χ2n) is 6.35. The van der Waals surface area contributed by atoms with Crippen molar-refractivity contribution in [1.82, 2.24) is 0 Å². The monoisotopic (exact) mass is 266 g/mol. The molecule has 0 aromatic heterocycles. The molecule has 106 valence electrons. The van der Waals surface area contributed by atoms with Crippen LogP contribution >= 0.6 is 0 Å². The first-order valence-electron chi connectivity index (χ1n) is 6.71. The zero-order valence-corrected chi connectivity index (χ0v) is 11.7. The predicted molar refractivity (Wildman–Crippen MR) is 71.6 cm³/mol. The lowest BCUT2D eigenvalue weighted by atomic mass is 9.67. The summed E-state index contributed by atoms with van der Waals surface area (Å²) in [6.07, 6.45) is 5.47. The number of allylic oxidation sites excluding steroid dienone is 1. The van der Waals surface area contributed by atoms with Crippen LogP contribution < -0.4 is 0 Å². The number of hydrogen-bond acceptors (Lipinski definition) is 3. The normalized spacial score (nSPS) is 42.8. The fourth-order valence-corrected chi connectivity index (χ4v) is 3.90. The molecule has 4 nitrogen and oxygen atoms in total. The van der Waals surface area contributed by atoms with Crippen molar-refractivity contribution in [2.75, 3.05) is 0 Å². The maximum atomic E-state index is 11.0. The first-order valence-corrected chi connectivity index (χ1v) is 6.71. The third kappa shape index (κ3) is 2.47. The molecule has 19 heavy (non-hydrogen) atoms. The molecule has 3 N–H and O–H groups in total. The van der Waals surface area contributed by atoms with Crippen molar-refractivity contribution >= 4 is 5.97 Å². The quantitative estimate of drug-likeness (QED) is 0.527. The number of aliphatic carboxylic acids is 1. The van der Waals surface area contributed by atoms with E-state index in [1.54, 1.807) is 13.0 Å². The fraction of sp³-hybridized carbons (Fsp3) is 0.667. The summed E-state index contributed by atoms with van der Waals surface area (Å²) in [5.74, 6) is -1.17. The van der Waals surface area contributed by atoms with E-state index >= 15 is 0 Å². The third-order valence-corrected chi connectivity index (χ3v) is 4.51. The van der Waals surface area contributed by atoms with Gasteiger partial charge in [-0.15, -0.1) is 0 Å². The van der Waals surface area contributed by atoms with Gasteiger partial charge in [0.15, 0.2) is 0 Å². The Bertz CT molecular complexity index is 461. The molecule has 0 spiro atoms. The Morgan fingerprint density at radius 1 is 1.47 bits per heavy atom. The first kappa shape index (κ1) is 14.3. The molecular weight excluding hydrogens is 244 g/mol. The van der Waals surface area contributed by atoms with Gasteiger partial charge < -0.3 is 15.3 Å². The predicted octanol–water partition coefficient (Wildman–Crippen LogP) is 1.88. The van der Waals surface area contributed by atoms with Gasteiger partial charge in [-0.1, -0.05) is 5.57 Å². The summed E-state index contributed by atoms with van der Waals surface area (Å²) in [4.78, 5) is 11.0. The van der Waals surface area contributed by atoms with Crippen LogP contribution in [0.2, 0.25) is 0 Å². The fourth-order valence-electron chi connectivity index (χ4n) is 3.90. The van der Waals surface area contributed by atoms with E-state index in [0.29, 0.717) is 6.42 Å². The van der Waals surface area contributed by atoms with E-state index in [1.165, 1.54) is 13.0 Å². The van der Waals surface area contributed by atoms with E-state index in [0.717, 1.165) is 18.4 Å². The molecular formula is C15H22O4. The van der Waals surface area contributed by atoms with E-state index in [4.69, 9.17) is 5.11 Å². The average Bonchev–Trinajstić information content (AvgIpc) is 2.53. The van der Waals surface area contributed by atoms with Gasteiger partial charge in [0.05, 0.1) is 5.60 Å². The molecule has 0 radical (unpaired) electrons. The van der Waals surface area contributed by atoms with Crippen LogP contribution in [0.3, 0.4) is 0 Å². The van der Waals surface area contributed by atoms with E-state index in [1.807, 2.05) is 6.92 Å². The standard InChI is InChI=1S/C15H22O4/c1-9-6-11-4-5-14(3,18)12(11)15(19,7-9)8-10(2)13(16)17/h7-8,11-12,18-19H,4-6H2,1-3H3,(H,16,17)/b10-8+/t11-,12+,14-,15?/m1/s1. The molecule has 0 aliphatic heterocycles. The highest BCUT2D eigenvalue weighted by Gasteiger charge is 2.54. The van der Waals surface area contributed by atoms with Crippen molar-refractivity contribution in [3.8, 4) is 0 Å². The maximum absolute atomic E-state index is 11.0. The Morgan fingerprint density at radius 3 is 2.68 bits per heavy atom. The first-order chi connectivity index (χ1) is 8.66. The number of carboxylic acid groups (broad SMARTS) is 1. The summed E-state index contributed by atoms with van der Waals surface area (Å²) in [7, 11) is 0. The van der Waals surface area contributed by atoms with Gasteiger partial charge in [-0.05, 0) is 58.1 Å². The molecule has 0 heterocycles. The van der Waals surface area contributed by atoms with Crippen molar-refractivity contribution in [3.05, 3.63) is 23.3 Å². The highest BCUT2D eigenvalue weighted by molar-refractivity contribution is 5.86. The van der Waals surface area contributed by atoms with Gasteiger partial charge in [0.25, 0.3) is 0 Å². The van der Waals surface area contributed by atoms with Crippen LogP contribution in [-0.2, 0) is 4.79 Å². The highest BCUT2D eigenvalue weighted by Crippen LogP contribution is 2.52. The zero-order chi connectivity index (χ0) is 14.4. The molecule has 1 fully saturated rings. The second-order valence-corrected chi connectivity index (χ2v) is 6.35. The number of aliphatic hydroxyl groups is 2. The molecule has 2 rings (SSSR count). The zero-order valence-electron chi connectivity index (χ0n) is 11.7. The van der Waals surface area contributed by atoms with Crippen LogP contribution in [0.1, 0.15) is 40.0 Å². The molecule has 0 bridgehead atoms. The minimum absolute atomic E-state index is 0.106. The summed E-state index contributed by atoms with van der Waals surface area (Å²) in [6.45, 7) is 5.15. The van der Waals surface area contributed by atoms with Gasteiger partial charge in [0, 0.05) is 11.5 Å². The SMILES string of the molecule is CC1=CC(O)(/C=C(\C)C(=O)O)[C@H]2[C@H](CC[C@@]2(C)O)C1. The van der Waals surface area contributed by atoms with Gasteiger partial charge in [-0.2, -0.15) is 0 Å². The van der Waals surface area contributed by atoms with Crippen LogP contribution in [0.5, 0.6) is 0 Å². The molecule has 4 atom stereocenters. The van der Waals surface area contributed by atoms with Gasteiger partial charge in [0.2, 0.25) is 0 Å². The number of fused-ring (bicyclic) bond motifs is 1. The second kappa shape index (κ2) is 4.46. The molecule has 0 aromatic rings. The van der Waals surface area contributed by atoms with E-state index in [2.05, 4.69) is 0 Å². The lowest BCUT2D eigenvalue weighted by molar-refractivity contribution is -0.133. The van der Waals surface area contributed by atoms with Gasteiger partial charge >= 0.3 is 5.97 Å². The Morgan fingerprint density at radius 2 is 2.11 bits per heavy atom. The minimum Gasteiger partial charge on any atom is -0.478 e. The molecule has 0 amide bonds. The number of rotatable bonds is 2. The van der Waals surface area contributed by atoms with E-state index in [-0.39, 0.29) is 17.4 Å². The summed E-state index contributed by atoms with van der Waals surface area (Å²) in [5, 5.41) is 30.4. The summed E-state index contributed by atoms with van der Waals surface area (Å²) >= 11 is 0. The molecule has 0 aromatic carbocycles. The van der Waals surface area contributed by atoms with Crippen LogP contribution in [0, 0.1) is 11.8 Å². The summed E-state index contributed by atoms with van der Waals surface area (Å²) < 4.78 is 0. The molecule has 1 saturated carbocycles. The Kier molecular flexibility index (Phi) is 3.35. The molecule has 2 aliphatic carbocycles. The van der Waals surface area contributed by atoms with Crippen LogP contribution in [0.25, 0.3) is 0 Å². The summed E-state index contributed by atoms with van der Waals surface area (Å²) in [5.41, 5.74) is -1.16. The van der Waals surface area contributed by atoms with Crippen LogP contribution in [0.15, 0.2) is 23.3 Å². The Balaban J connectivity index is 2.48. The smallest absolute Gasteiger partial charge is 0.331 e. The van der Waals surface area contributed by atoms with Gasteiger partial charge in [-0.3, -0.25) is 0 Å². The number of carboxylic acids is 1. The number of carbonyl (C=O) groups is 1. The van der Waals surface area contributed by atoms with Crippen LogP contribution in [-0.4, -0.2) is 32.5 Å². The van der Waals surface area contributed by atoms with Crippen molar-refractivity contribution in [2.45, 2.75) is 51.2 Å². The van der Waals surface area contributed by atoms with Crippen molar-refractivity contribution < 1.29 is 20.1 Å². The van der Waals surface area contributed by atoms with Crippen molar-refractivity contribution in [2.24, 2.45) is 11.8 Å². The maximum Gasteiger partial charge on any atom is 0.331 e. The lowest BCUT2D eigenvalue weighted by Crippen LogP contribution is -2.50. The molecule has 1 unspecified atom stereocenters. The Labute approximate surface area is 113 Å². The van der Waals surface area contributed by atoms with E-state index < -0.39 is 17.2 Å². The topological polar surface area (TPSA) is 77.8 Å².